The van der Waals surface area contributed by atoms with Crippen molar-refractivity contribution in [3.05, 3.63) is 71.9 Å². The van der Waals surface area contributed by atoms with Crippen molar-refractivity contribution in [1.29, 1.82) is 0 Å². The monoisotopic (exact) mass is 367 g/mol. The first-order valence-electron chi connectivity index (χ1n) is 9.75. The first kappa shape index (κ1) is 16.7. The van der Waals surface area contributed by atoms with Crippen molar-refractivity contribution < 1.29 is 0 Å². The molecule has 0 spiro atoms. The summed E-state index contributed by atoms with van der Waals surface area (Å²) >= 11 is 0. The molecule has 0 atom stereocenters. The molecule has 0 fully saturated rings. The smallest absolute Gasteiger partial charge is 0.0776 e. The van der Waals surface area contributed by atoms with E-state index < -0.39 is 8.07 Å². The maximum absolute atomic E-state index is 4.97. The fraction of sp³-hybridized carbons (Fsp3) is 0.240. The van der Waals surface area contributed by atoms with E-state index in [2.05, 4.69) is 94.3 Å². The highest BCUT2D eigenvalue weighted by Gasteiger charge is 2.35. The SMILES string of the molecule is CC1(C)c2c(ncc3ccc([Si](C)(C)C)cc23)-c2cccc3cccc1c23. The van der Waals surface area contributed by atoms with E-state index in [1.807, 2.05) is 0 Å². The van der Waals surface area contributed by atoms with Crippen LogP contribution >= 0.6 is 0 Å². The molecule has 0 saturated carbocycles. The van der Waals surface area contributed by atoms with Crippen LogP contribution in [0.25, 0.3) is 32.8 Å². The third-order valence-electron chi connectivity index (χ3n) is 6.22. The second kappa shape index (κ2) is 5.29. The molecule has 0 unspecified atom stereocenters. The lowest BCUT2D eigenvalue weighted by molar-refractivity contribution is 0.648. The van der Waals surface area contributed by atoms with E-state index in [1.165, 1.54) is 43.4 Å². The highest BCUT2D eigenvalue weighted by atomic mass is 28.3. The Hall–Kier alpha value is -2.45. The van der Waals surface area contributed by atoms with Gasteiger partial charge in [0.2, 0.25) is 0 Å². The Bertz CT molecular complexity index is 1220. The molecule has 0 amide bonds. The maximum Gasteiger partial charge on any atom is 0.0776 e. The fourth-order valence-corrected chi connectivity index (χ4v) is 5.87. The van der Waals surface area contributed by atoms with Gasteiger partial charge >= 0.3 is 0 Å². The summed E-state index contributed by atoms with van der Waals surface area (Å²) in [5, 5.41) is 6.80. The van der Waals surface area contributed by atoms with Crippen LogP contribution < -0.4 is 5.19 Å². The predicted octanol–water partition coefficient (Wildman–Crippen LogP) is 6.24. The van der Waals surface area contributed by atoms with Crippen LogP contribution in [0.3, 0.4) is 0 Å². The van der Waals surface area contributed by atoms with Gasteiger partial charge in [-0.1, -0.05) is 93.3 Å². The van der Waals surface area contributed by atoms with Gasteiger partial charge in [-0.25, -0.2) is 0 Å². The Balaban J connectivity index is 1.97. The number of fused-ring (bicyclic) bond motifs is 4. The standard InChI is InChI=1S/C25H25NSi/c1-25(2)21-11-7-9-16-8-6-10-19(22(16)21)24-23(25)20-14-18(27(3,4)5)13-12-17(20)15-26-24/h6-15H,1-5H3. The molecule has 4 aromatic rings. The molecule has 5 rings (SSSR count). The Morgan fingerprint density at radius 1 is 0.852 bits per heavy atom. The summed E-state index contributed by atoms with van der Waals surface area (Å²) in [7, 11) is -1.38. The zero-order chi connectivity index (χ0) is 19.0. The first-order valence-corrected chi connectivity index (χ1v) is 13.2. The molecule has 2 heteroatoms. The van der Waals surface area contributed by atoms with Crippen molar-refractivity contribution in [2.45, 2.75) is 38.9 Å². The molecule has 0 saturated heterocycles. The van der Waals surface area contributed by atoms with Gasteiger partial charge in [0.1, 0.15) is 0 Å². The van der Waals surface area contributed by atoms with Gasteiger partial charge in [0, 0.05) is 22.6 Å². The molecule has 1 aromatic heterocycles. The lowest BCUT2D eigenvalue weighted by Crippen LogP contribution is -2.37. The molecular formula is C25H25NSi. The molecule has 1 aliphatic rings. The zero-order valence-corrected chi connectivity index (χ0v) is 17.7. The normalized spacial score (nSPS) is 15.1. The molecule has 0 bridgehead atoms. The van der Waals surface area contributed by atoms with Crippen LogP contribution in [0.2, 0.25) is 19.6 Å². The Morgan fingerprint density at radius 2 is 1.59 bits per heavy atom. The molecule has 0 radical (unpaired) electrons. The van der Waals surface area contributed by atoms with Crippen molar-refractivity contribution in [3.8, 4) is 11.3 Å². The Labute approximate surface area is 162 Å². The van der Waals surface area contributed by atoms with Crippen molar-refractivity contribution in [2.24, 2.45) is 0 Å². The summed E-state index contributed by atoms with van der Waals surface area (Å²) in [4.78, 5) is 4.97. The zero-order valence-electron chi connectivity index (χ0n) is 16.7. The third-order valence-corrected chi connectivity index (χ3v) is 8.26. The summed E-state index contributed by atoms with van der Waals surface area (Å²) in [6, 6.07) is 20.4. The van der Waals surface area contributed by atoms with E-state index in [1.54, 1.807) is 0 Å². The van der Waals surface area contributed by atoms with Crippen molar-refractivity contribution >= 4 is 34.8 Å². The molecular weight excluding hydrogens is 342 g/mol. The molecule has 134 valence electrons. The number of aromatic nitrogens is 1. The predicted molar refractivity (Wildman–Crippen MR) is 120 cm³/mol. The minimum Gasteiger partial charge on any atom is -0.255 e. The summed E-state index contributed by atoms with van der Waals surface area (Å²) in [6.07, 6.45) is 2.06. The molecule has 1 nitrogen and oxygen atoms in total. The molecule has 1 aliphatic carbocycles. The van der Waals surface area contributed by atoms with Crippen LogP contribution in [-0.4, -0.2) is 13.1 Å². The van der Waals surface area contributed by atoms with Crippen LogP contribution in [0.15, 0.2) is 60.8 Å². The molecule has 3 aromatic carbocycles. The minimum absolute atomic E-state index is 0.0756. The van der Waals surface area contributed by atoms with Crippen LogP contribution in [-0.2, 0) is 5.41 Å². The summed E-state index contributed by atoms with van der Waals surface area (Å²) < 4.78 is 0. The Kier molecular flexibility index (Phi) is 3.28. The lowest BCUT2D eigenvalue weighted by atomic mass is 9.69. The van der Waals surface area contributed by atoms with Gasteiger partial charge in [-0.2, -0.15) is 0 Å². The number of nitrogens with zero attached hydrogens (tertiary/aromatic N) is 1. The highest BCUT2D eigenvalue weighted by Crippen LogP contribution is 2.49. The number of hydrogen-bond acceptors (Lipinski definition) is 1. The van der Waals surface area contributed by atoms with Crippen LogP contribution in [0.5, 0.6) is 0 Å². The van der Waals surface area contributed by atoms with Gasteiger partial charge in [0.15, 0.2) is 0 Å². The summed E-state index contributed by atoms with van der Waals surface area (Å²) in [5.74, 6) is 0. The van der Waals surface area contributed by atoms with Gasteiger partial charge in [-0.15, -0.1) is 0 Å². The second-order valence-electron chi connectivity index (χ2n) is 9.37. The number of benzene rings is 3. The van der Waals surface area contributed by atoms with Crippen molar-refractivity contribution in [1.82, 2.24) is 4.98 Å². The Morgan fingerprint density at radius 3 is 2.33 bits per heavy atom. The van der Waals surface area contributed by atoms with E-state index in [0.717, 1.165) is 5.69 Å². The van der Waals surface area contributed by atoms with E-state index in [0.29, 0.717) is 0 Å². The van der Waals surface area contributed by atoms with E-state index >= 15 is 0 Å². The minimum atomic E-state index is -1.38. The molecule has 27 heavy (non-hydrogen) atoms. The molecule has 0 aliphatic heterocycles. The largest absolute Gasteiger partial charge is 0.255 e. The highest BCUT2D eigenvalue weighted by molar-refractivity contribution is 6.88. The number of hydrogen-bond donors (Lipinski definition) is 0. The average Bonchev–Trinajstić information content (AvgIpc) is 2.64. The third kappa shape index (κ3) is 2.26. The van der Waals surface area contributed by atoms with Crippen molar-refractivity contribution in [2.75, 3.05) is 0 Å². The number of pyridine rings is 1. The van der Waals surface area contributed by atoms with Gasteiger partial charge in [0.05, 0.1) is 13.8 Å². The van der Waals surface area contributed by atoms with Gasteiger partial charge in [-0.05, 0) is 27.3 Å². The van der Waals surface area contributed by atoms with E-state index in [-0.39, 0.29) is 5.41 Å². The van der Waals surface area contributed by atoms with Crippen LogP contribution in [0.4, 0.5) is 0 Å². The molecule has 1 heterocycles. The lowest BCUT2D eigenvalue weighted by Gasteiger charge is -2.35. The van der Waals surface area contributed by atoms with Crippen LogP contribution in [0.1, 0.15) is 25.0 Å². The maximum atomic E-state index is 4.97. The summed E-state index contributed by atoms with van der Waals surface area (Å²) in [6.45, 7) is 12.0. The van der Waals surface area contributed by atoms with Crippen molar-refractivity contribution in [3.63, 3.8) is 0 Å². The van der Waals surface area contributed by atoms with Gasteiger partial charge in [0.25, 0.3) is 0 Å². The molecule has 0 N–H and O–H groups in total. The fourth-order valence-electron chi connectivity index (χ4n) is 4.71. The van der Waals surface area contributed by atoms with Crippen LogP contribution in [0, 0.1) is 0 Å². The first-order chi connectivity index (χ1) is 12.8. The quantitative estimate of drug-likeness (QED) is 0.363. The van der Waals surface area contributed by atoms with E-state index in [9.17, 15) is 0 Å². The van der Waals surface area contributed by atoms with Gasteiger partial charge in [-0.3, -0.25) is 4.98 Å². The topological polar surface area (TPSA) is 12.9 Å². The number of rotatable bonds is 1. The van der Waals surface area contributed by atoms with Gasteiger partial charge < -0.3 is 0 Å². The average molecular weight is 368 g/mol. The van der Waals surface area contributed by atoms with E-state index in [4.69, 9.17) is 4.98 Å². The second-order valence-corrected chi connectivity index (χ2v) is 14.4. The summed E-state index contributed by atoms with van der Waals surface area (Å²) in [5.41, 5.74) is 5.15.